The molecule has 3 aromatic rings. The number of hydrogen-bond acceptors (Lipinski definition) is 9. The van der Waals surface area contributed by atoms with Crippen molar-refractivity contribution >= 4 is 40.2 Å². The predicted molar refractivity (Wildman–Crippen MR) is 143 cm³/mol. The van der Waals surface area contributed by atoms with E-state index >= 15 is 4.39 Å². The summed E-state index contributed by atoms with van der Waals surface area (Å²) in [5.74, 6) is 0.213. The van der Waals surface area contributed by atoms with E-state index in [2.05, 4.69) is 20.3 Å². The number of benzene rings is 1. The first-order valence-corrected chi connectivity index (χ1v) is 13.1. The van der Waals surface area contributed by atoms with Crippen molar-refractivity contribution < 1.29 is 28.1 Å². The van der Waals surface area contributed by atoms with Crippen LogP contribution in [0.3, 0.4) is 0 Å². The van der Waals surface area contributed by atoms with E-state index in [1.165, 1.54) is 12.4 Å². The number of amides is 1. The van der Waals surface area contributed by atoms with Gasteiger partial charge in [-0.25, -0.2) is 24.1 Å². The highest BCUT2D eigenvalue weighted by Gasteiger charge is 2.35. The largest absolute Gasteiger partial charge is 0.491 e. The van der Waals surface area contributed by atoms with E-state index in [1.54, 1.807) is 23.1 Å². The maximum Gasteiger partial charge on any atom is 0.410 e. The number of carbonyl (C=O) groups is 1. The summed E-state index contributed by atoms with van der Waals surface area (Å²) in [4.78, 5) is 27.1. The summed E-state index contributed by atoms with van der Waals surface area (Å²) in [5.41, 5.74) is 0.381. The first-order chi connectivity index (χ1) is 18.5. The lowest BCUT2D eigenvalue weighted by Gasteiger charge is -2.37. The molecule has 4 heterocycles. The van der Waals surface area contributed by atoms with Crippen molar-refractivity contribution in [3.8, 4) is 11.6 Å². The lowest BCUT2D eigenvalue weighted by molar-refractivity contribution is -0.120. The Morgan fingerprint density at radius 3 is 2.77 bits per heavy atom. The van der Waals surface area contributed by atoms with Crippen LogP contribution >= 0.6 is 11.6 Å². The summed E-state index contributed by atoms with van der Waals surface area (Å²) in [5, 5.41) is 2.84. The molecular weight excluding hydrogens is 529 g/mol. The van der Waals surface area contributed by atoms with Crippen LogP contribution in [-0.4, -0.2) is 70.6 Å². The molecule has 1 N–H and O–H groups in total. The van der Waals surface area contributed by atoms with Crippen LogP contribution in [0.5, 0.6) is 11.6 Å². The second-order valence-corrected chi connectivity index (χ2v) is 11.5. The lowest BCUT2D eigenvalue weighted by atomic mass is 9.90. The first kappa shape index (κ1) is 27.1. The van der Waals surface area contributed by atoms with E-state index in [9.17, 15) is 4.79 Å². The number of nitrogens with one attached hydrogen (secondary N) is 1. The van der Waals surface area contributed by atoms with Crippen molar-refractivity contribution in [2.45, 2.75) is 45.8 Å². The lowest BCUT2D eigenvalue weighted by Crippen LogP contribution is -2.44. The number of nitrogens with zero attached hydrogens (tertiary/aromatic N) is 4. The monoisotopic (exact) mass is 559 g/mol. The van der Waals surface area contributed by atoms with Gasteiger partial charge in [0.25, 0.3) is 0 Å². The molecule has 2 aliphatic heterocycles. The van der Waals surface area contributed by atoms with Crippen molar-refractivity contribution in [3.05, 3.63) is 41.4 Å². The Kier molecular flexibility index (Phi) is 7.39. The molecule has 2 aromatic heterocycles. The molecule has 2 fully saturated rings. The van der Waals surface area contributed by atoms with Crippen LogP contribution in [0, 0.1) is 11.2 Å². The fraction of sp³-hybridized carbons (Fsp3) is 0.481. The molecule has 0 saturated carbocycles. The van der Waals surface area contributed by atoms with Crippen molar-refractivity contribution in [1.29, 1.82) is 0 Å². The van der Waals surface area contributed by atoms with Gasteiger partial charge < -0.3 is 29.2 Å². The van der Waals surface area contributed by atoms with Gasteiger partial charge in [-0.15, -0.1) is 0 Å². The number of likely N-dealkylation sites (tertiary alicyclic amines) is 1. The minimum atomic E-state index is -0.670. The Balaban J connectivity index is 1.29. The molecule has 0 spiro atoms. The topological polar surface area (TPSA) is 108 Å². The molecule has 2 aliphatic rings. The fourth-order valence-electron chi connectivity index (χ4n) is 4.22. The molecule has 0 bridgehead atoms. The van der Waals surface area contributed by atoms with Gasteiger partial charge in [-0.1, -0.05) is 18.5 Å². The average molecular weight is 560 g/mol. The van der Waals surface area contributed by atoms with Crippen LogP contribution in [0.25, 0.3) is 11.0 Å². The van der Waals surface area contributed by atoms with Crippen LogP contribution in [-0.2, 0) is 9.47 Å². The summed E-state index contributed by atoms with van der Waals surface area (Å²) in [6, 6.07) is 6.59. The quantitative estimate of drug-likeness (QED) is 0.409. The zero-order chi connectivity index (χ0) is 27.8. The standard InChI is InChI=1S/C27H31ClFN5O5/c1-26(2,3)39-25(35)34-10-9-16(11-34)38-20-8-6-18-23(33-20)24(31-15-30-18)32-17-5-7-19(21(28)22(17)29)37-14-27(4)12-36-13-27/h5-8,15-16H,9-14H2,1-4H3,(H,30,31,32)/t16-/m0/s1. The highest BCUT2D eigenvalue weighted by Crippen LogP contribution is 2.36. The minimum Gasteiger partial charge on any atom is -0.491 e. The number of pyridine rings is 1. The third-order valence-corrected chi connectivity index (χ3v) is 6.67. The van der Waals surface area contributed by atoms with Crippen molar-refractivity contribution in [3.63, 3.8) is 0 Å². The summed E-state index contributed by atoms with van der Waals surface area (Å²) >= 11 is 6.29. The molecule has 0 unspecified atom stereocenters. The number of aromatic nitrogens is 3. The number of ether oxygens (including phenoxy) is 4. The highest BCUT2D eigenvalue weighted by atomic mass is 35.5. The average Bonchev–Trinajstić information content (AvgIpc) is 3.33. The molecule has 10 nitrogen and oxygen atoms in total. The Morgan fingerprint density at radius 1 is 1.26 bits per heavy atom. The number of carbonyl (C=O) groups excluding carboxylic acids is 1. The maximum atomic E-state index is 15.2. The van der Waals surface area contributed by atoms with Crippen LogP contribution in [0.1, 0.15) is 34.1 Å². The van der Waals surface area contributed by atoms with Crippen molar-refractivity contribution in [2.75, 3.05) is 38.2 Å². The summed E-state index contributed by atoms with van der Waals surface area (Å²) in [6.45, 7) is 9.99. The Morgan fingerprint density at radius 2 is 2.05 bits per heavy atom. The highest BCUT2D eigenvalue weighted by molar-refractivity contribution is 6.32. The number of hydrogen-bond donors (Lipinski definition) is 1. The molecule has 1 amide bonds. The summed E-state index contributed by atoms with van der Waals surface area (Å²) in [7, 11) is 0. The Labute approximate surface area is 230 Å². The zero-order valence-corrected chi connectivity index (χ0v) is 23.0. The van der Waals surface area contributed by atoms with E-state index in [1.807, 2.05) is 27.7 Å². The second-order valence-electron chi connectivity index (χ2n) is 11.2. The minimum absolute atomic E-state index is 0.103. The molecule has 0 radical (unpaired) electrons. The third-order valence-electron chi connectivity index (χ3n) is 6.32. The third kappa shape index (κ3) is 6.25. The van der Waals surface area contributed by atoms with Crippen LogP contribution in [0.4, 0.5) is 20.7 Å². The summed E-state index contributed by atoms with van der Waals surface area (Å²) < 4.78 is 37.7. The maximum absolute atomic E-state index is 15.2. The predicted octanol–water partition coefficient (Wildman–Crippen LogP) is 5.36. The van der Waals surface area contributed by atoms with Gasteiger partial charge >= 0.3 is 6.09 Å². The molecule has 1 aromatic carbocycles. The van der Waals surface area contributed by atoms with Gasteiger partial charge in [0.05, 0.1) is 37.6 Å². The molecule has 12 heteroatoms. The molecule has 39 heavy (non-hydrogen) atoms. The Hall–Kier alpha value is -3.44. The van der Waals surface area contributed by atoms with Gasteiger partial charge in [0.2, 0.25) is 5.88 Å². The van der Waals surface area contributed by atoms with E-state index in [0.717, 1.165) is 0 Å². The summed E-state index contributed by atoms with van der Waals surface area (Å²) in [6.07, 6.45) is 1.38. The van der Waals surface area contributed by atoms with Crippen molar-refractivity contribution in [1.82, 2.24) is 19.9 Å². The van der Waals surface area contributed by atoms with Gasteiger partial charge in [0.1, 0.15) is 34.3 Å². The van der Waals surface area contributed by atoms with E-state index < -0.39 is 11.4 Å². The van der Waals surface area contributed by atoms with Gasteiger partial charge in [0.15, 0.2) is 11.6 Å². The van der Waals surface area contributed by atoms with Gasteiger partial charge in [-0.2, -0.15) is 0 Å². The smallest absolute Gasteiger partial charge is 0.410 e. The molecule has 208 valence electrons. The molecule has 0 aliphatic carbocycles. The van der Waals surface area contributed by atoms with E-state index in [4.69, 9.17) is 30.5 Å². The van der Waals surface area contributed by atoms with Gasteiger partial charge in [-0.3, -0.25) is 0 Å². The number of halogens is 2. The normalized spacial score (nSPS) is 18.5. The van der Waals surface area contributed by atoms with Gasteiger partial charge in [0, 0.05) is 24.4 Å². The van der Waals surface area contributed by atoms with Crippen LogP contribution in [0.15, 0.2) is 30.6 Å². The second kappa shape index (κ2) is 10.6. The number of anilines is 2. The Bertz CT molecular complexity index is 1380. The first-order valence-electron chi connectivity index (χ1n) is 12.7. The fourth-order valence-corrected chi connectivity index (χ4v) is 4.44. The molecule has 5 rings (SSSR count). The van der Waals surface area contributed by atoms with Crippen molar-refractivity contribution in [2.24, 2.45) is 5.41 Å². The molecule has 1 atom stereocenters. The van der Waals surface area contributed by atoms with E-state index in [0.29, 0.717) is 56.2 Å². The SMILES string of the molecule is CC1(COc2ccc(Nc3ncnc4ccc(O[C@H]5CCN(C(=O)OC(C)(C)C)C5)nc34)c(F)c2Cl)COC1. The zero-order valence-electron chi connectivity index (χ0n) is 22.3. The number of fused-ring (bicyclic) bond motifs is 1. The number of rotatable bonds is 7. The van der Waals surface area contributed by atoms with Gasteiger partial charge in [-0.05, 0) is 39.0 Å². The van der Waals surface area contributed by atoms with E-state index in [-0.39, 0.29) is 39.9 Å². The van der Waals surface area contributed by atoms with Crippen LogP contribution < -0.4 is 14.8 Å². The molecular formula is C27H31ClFN5O5. The molecule has 2 saturated heterocycles. The van der Waals surface area contributed by atoms with Crippen LogP contribution in [0.2, 0.25) is 5.02 Å².